The summed E-state index contributed by atoms with van der Waals surface area (Å²) in [4.78, 5) is 23.3. The number of nitrogens with one attached hydrogen (secondary N) is 1. The molecule has 0 aromatic carbocycles. The highest BCUT2D eigenvalue weighted by molar-refractivity contribution is 5.89. The molecule has 8 heteroatoms. The Kier molecular flexibility index (Phi) is 5.80. The first-order chi connectivity index (χ1) is 12.6. The molecule has 1 aliphatic carbocycles. The average Bonchev–Trinajstić information content (AvgIpc) is 3.26. The van der Waals surface area contributed by atoms with Crippen LogP contribution in [-0.4, -0.2) is 43.2 Å². The number of carbonyl (C=O) groups excluding carboxylic acids is 1. The van der Waals surface area contributed by atoms with Gasteiger partial charge in [0.2, 0.25) is 11.9 Å². The molecule has 140 valence electrons. The van der Waals surface area contributed by atoms with Crippen LogP contribution >= 0.6 is 0 Å². The zero-order valence-electron chi connectivity index (χ0n) is 15.8. The summed E-state index contributed by atoms with van der Waals surface area (Å²) in [5.74, 6) is 2.76. The number of anilines is 2. The SMILES string of the molecule is CCN(c1ccnc(NC(=O)CCc2nnc(C)n2C)n1)C1CCCC1. The van der Waals surface area contributed by atoms with Gasteiger partial charge in [-0.25, -0.2) is 4.98 Å². The zero-order chi connectivity index (χ0) is 18.5. The molecule has 0 atom stereocenters. The number of rotatable bonds is 7. The second kappa shape index (κ2) is 8.25. The van der Waals surface area contributed by atoms with Gasteiger partial charge in [0.25, 0.3) is 0 Å². The molecule has 2 aromatic heterocycles. The molecule has 1 fully saturated rings. The minimum absolute atomic E-state index is 0.119. The minimum Gasteiger partial charge on any atom is -0.354 e. The van der Waals surface area contributed by atoms with E-state index in [1.807, 2.05) is 24.6 Å². The summed E-state index contributed by atoms with van der Waals surface area (Å²) in [6.07, 6.45) is 7.52. The first kappa shape index (κ1) is 18.3. The zero-order valence-corrected chi connectivity index (χ0v) is 15.8. The Morgan fingerprint density at radius 3 is 2.77 bits per heavy atom. The number of nitrogens with zero attached hydrogens (tertiary/aromatic N) is 6. The Hall–Kier alpha value is -2.51. The van der Waals surface area contributed by atoms with Gasteiger partial charge >= 0.3 is 0 Å². The number of amides is 1. The van der Waals surface area contributed by atoms with E-state index in [-0.39, 0.29) is 5.91 Å². The van der Waals surface area contributed by atoms with E-state index in [2.05, 4.69) is 37.3 Å². The van der Waals surface area contributed by atoms with Crippen molar-refractivity contribution in [1.82, 2.24) is 24.7 Å². The summed E-state index contributed by atoms with van der Waals surface area (Å²) in [5, 5.41) is 10.9. The molecular formula is C18H27N7O. The maximum Gasteiger partial charge on any atom is 0.231 e. The van der Waals surface area contributed by atoms with E-state index in [0.29, 0.717) is 24.8 Å². The lowest BCUT2D eigenvalue weighted by Crippen LogP contribution is -2.33. The lowest BCUT2D eigenvalue weighted by molar-refractivity contribution is -0.116. The molecular weight excluding hydrogens is 330 g/mol. The van der Waals surface area contributed by atoms with Crippen LogP contribution < -0.4 is 10.2 Å². The minimum atomic E-state index is -0.119. The maximum absolute atomic E-state index is 12.2. The summed E-state index contributed by atoms with van der Waals surface area (Å²) in [5.41, 5.74) is 0. The van der Waals surface area contributed by atoms with E-state index in [1.165, 1.54) is 25.7 Å². The average molecular weight is 357 g/mol. The van der Waals surface area contributed by atoms with E-state index < -0.39 is 0 Å². The van der Waals surface area contributed by atoms with E-state index >= 15 is 0 Å². The highest BCUT2D eigenvalue weighted by Crippen LogP contribution is 2.27. The van der Waals surface area contributed by atoms with Gasteiger partial charge in [0.15, 0.2) is 0 Å². The molecule has 0 unspecified atom stereocenters. The fourth-order valence-corrected chi connectivity index (χ4v) is 3.47. The Bertz CT molecular complexity index is 752. The molecule has 2 aromatic rings. The highest BCUT2D eigenvalue weighted by Gasteiger charge is 2.23. The van der Waals surface area contributed by atoms with Crippen molar-refractivity contribution in [2.75, 3.05) is 16.8 Å². The summed E-state index contributed by atoms with van der Waals surface area (Å²) >= 11 is 0. The van der Waals surface area contributed by atoms with Crippen molar-refractivity contribution in [2.24, 2.45) is 7.05 Å². The molecule has 26 heavy (non-hydrogen) atoms. The standard InChI is InChI=1S/C18H27N7O/c1-4-25(14-7-5-6-8-14)15-11-12-19-18(20-15)21-17(26)10-9-16-23-22-13(2)24(16)3/h11-12,14H,4-10H2,1-3H3,(H,19,20,21,26). The van der Waals surface area contributed by atoms with Crippen molar-refractivity contribution in [3.63, 3.8) is 0 Å². The van der Waals surface area contributed by atoms with Crippen LogP contribution in [0, 0.1) is 6.92 Å². The van der Waals surface area contributed by atoms with Gasteiger partial charge in [0.1, 0.15) is 17.5 Å². The van der Waals surface area contributed by atoms with Crippen LogP contribution in [0.5, 0.6) is 0 Å². The lowest BCUT2D eigenvalue weighted by Gasteiger charge is -2.28. The summed E-state index contributed by atoms with van der Waals surface area (Å²) in [6.45, 7) is 4.93. The number of hydrogen-bond acceptors (Lipinski definition) is 6. The van der Waals surface area contributed by atoms with Crippen molar-refractivity contribution >= 4 is 17.7 Å². The molecule has 1 N–H and O–H groups in total. The summed E-state index contributed by atoms with van der Waals surface area (Å²) in [6, 6.07) is 2.46. The van der Waals surface area contributed by atoms with Crippen molar-refractivity contribution in [1.29, 1.82) is 0 Å². The van der Waals surface area contributed by atoms with E-state index in [1.54, 1.807) is 6.20 Å². The maximum atomic E-state index is 12.2. The van der Waals surface area contributed by atoms with Crippen molar-refractivity contribution < 1.29 is 4.79 Å². The fourth-order valence-electron chi connectivity index (χ4n) is 3.47. The largest absolute Gasteiger partial charge is 0.354 e. The van der Waals surface area contributed by atoms with Gasteiger partial charge < -0.3 is 9.47 Å². The number of carbonyl (C=O) groups is 1. The Morgan fingerprint density at radius 2 is 2.12 bits per heavy atom. The van der Waals surface area contributed by atoms with E-state index in [0.717, 1.165) is 24.0 Å². The van der Waals surface area contributed by atoms with Crippen molar-refractivity contribution in [3.8, 4) is 0 Å². The monoisotopic (exact) mass is 357 g/mol. The molecule has 1 saturated carbocycles. The molecule has 3 rings (SSSR count). The van der Waals surface area contributed by atoms with Gasteiger partial charge in [0, 0.05) is 38.7 Å². The van der Waals surface area contributed by atoms with Crippen LogP contribution in [0.3, 0.4) is 0 Å². The lowest BCUT2D eigenvalue weighted by atomic mass is 10.2. The van der Waals surface area contributed by atoms with Gasteiger partial charge in [-0.15, -0.1) is 10.2 Å². The molecule has 2 heterocycles. The topological polar surface area (TPSA) is 88.8 Å². The molecule has 0 bridgehead atoms. The van der Waals surface area contributed by atoms with Gasteiger partial charge in [-0.3, -0.25) is 10.1 Å². The molecule has 0 spiro atoms. The molecule has 0 saturated heterocycles. The third kappa shape index (κ3) is 4.17. The van der Waals surface area contributed by atoms with E-state index in [4.69, 9.17) is 0 Å². The van der Waals surface area contributed by atoms with E-state index in [9.17, 15) is 4.79 Å². The normalized spacial score (nSPS) is 14.6. The van der Waals surface area contributed by atoms with Crippen LogP contribution in [0.1, 0.15) is 50.7 Å². The predicted octanol–water partition coefficient (Wildman–Crippen LogP) is 2.25. The molecule has 0 aliphatic heterocycles. The molecule has 1 aliphatic rings. The summed E-state index contributed by atoms with van der Waals surface area (Å²) < 4.78 is 1.89. The summed E-state index contributed by atoms with van der Waals surface area (Å²) in [7, 11) is 1.90. The predicted molar refractivity (Wildman–Crippen MR) is 100.0 cm³/mol. The number of aromatic nitrogens is 5. The molecule has 8 nitrogen and oxygen atoms in total. The number of aryl methyl sites for hydroxylation is 2. The van der Waals surface area contributed by atoms with Crippen LogP contribution in [0.2, 0.25) is 0 Å². The fraction of sp³-hybridized carbons (Fsp3) is 0.611. The Balaban J connectivity index is 1.60. The van der Waals surface area contributed by atoms with Crippen molar-refractivity contribution in [3.05, 3.63) is 23.9 Å². The first-order valence-electron chi connectivity index (χ1n) is 9.33. The van der Waals surface area contributed by atoms with Crippen LogP contribution in [-0.2, 0) is 18.3 Å². The number of hydrogen-bond donors (Lipinski definition) is 1. The second-order valence-electron chi connectivity index (χ2n) is 6.73. The third-order valence-electron chi connectivity index (χ3n) is 5.05. The molecule has 0 radical (unpaired) electrons. The van der Waals surface area contributed by atoms with Gasteiger partial charge in [-0.2, -0.15) is 4.98 Å². The van der Waals surface area contributed by atoms with Crippen molar-refractivity contribution in [2.45, 2.75) is 58.4 Å². The van der Waals surface area contributed by atoms with Crippen LogP contribution in [0.4, 0.5) is 11.8 Å². The quantitative estimate of drug-likeness (QED) is 0.817. The second-order valence-corrected chi connectivity index (χ2v) is 6.73. The van der Waals surface area contributed by atoms with Gasteiger partial charge in [0.05, 0.1) is 0 Å². The Labute approximate surface area is 154 Å². The van der Waals surface area contributed by atoms with Gasteiger partial charge in [-0.05, 0) is 32.8 Å². The first-order valence-corrected chi connectivity index (χ1v) is 9.33. The molecule has 1 amide bonds. The highest BCUT2D eigenvalue weighted by atomic mass is 16.1. The third-order valence-corrected chi connectivity index (χ3v) is 5.05. The van der Waals surface area contributed by atoms with Gasteiger partial charge in [-0.1, -0.05) is 12.8 Å². The van der Waals surface area contributed by atoms with Crippen LogP contribution in [0.25, 0.3) is 0 Å². The van der Waals surface area contributed by atoms with Crippen LogP contribution in [0.15, 0.2) is 12.3 Å². The Morgan fingerprint density at radius 1 is 1.35 bits per heavy atom. The smallest absolute Gasteiger partial charge is 0.231 e.